The molecule has 2 aromatic carbocycles. The smallest absolute Gasteiger partial charge is 0.258 e. The lowest BCUT2D eigenvalue weighted by Crippen LogP contribution is -2.29. The van der Waals surface area contributed by atoms with Crippen molar-refractivity contribution in [1.29, 1.82) is 0 Å². The van der Waals surface area contributed by atoms with E-state index in [2.05, 4.69) is 10.3 Å². The number of fused-ring (bicyclic) bond motifs is 1. The van der Waals surface area contributed by atoms with E-state index in [0.717, 1.165) is 5.56 Å². The number of amides is 1. The number of carbonyl (C=O) groups is 1. The van der Waals surface area contributed by atoms with Gasteiger partial charge in [0.05, 0.1) is 22.9 Å². The molecule has 0 fully saturated rings. The number of nitrogen functional groups attached to an aromatic ring is 1. The van der Waals surface area contributed by atoms with Crippen LogP contribution in [-0.2, 0) is 0 Å². The number of carbonyl (C=O) groups excluding carboxylic acids is 1. The predicted molar refractivity (Wildman–Crippen MR) is 139 cm³/mol. The molecule has 0 spiro atoms. The highest BCUT2D eigenvalue weighted by atomic mass is 35.5. The van der Waals surface area contributed by atoms with Crippen LogP contribution in [0.3, 0.4) is 0 Å². The molecule has 1 amide bonds. The summed E-state index contributed by atoms with van der Waals surface area (Å²) in [6.07, 6.45) is 3.03. The van der Waals surface area contributed by atoms with Crippen molar-refractivity contribution < 1.29 is 13.9 Å². The minimum Gasteiger partial charge on any atom is -0.490 e. The van der Waals surface area contributed by atoms with Crippen LogP contribution in [0.25, 0.3) is 5.52 Å². The maximum Gasteiger partial charge on any atom is 0.258 e. The molecule has 2 heterocycles. The molecule has 0 aliphatic rings. The molecule has 4 rings (SSSR count). The van der Waals surface area contributed by atoms with Gasteiger partial charge in [-0.05, 0) is 39.3 Å². The Bertz CT molecular complexity index is 1420. The van der Waals surface area contributed by atoms with E-state index in [1.165, 1.54) is 6.07 Å². The first-order valence-corrected chi connectivity index (χ1v) is 12.1. The Morgan fingerprint density at radius 1 is 1.19 bits per heavy atom. The second kappa shape index (κ2) is 10.1. The van der Waals surface area contributed by atoms with E-state index in [1.807, 2.05) is 69.4 Å². The van der Waals surface area contributed by atoms with Crippen LogP contribution in [-0.4, -0.2) is 26.4 Å². The van der Waals surface area contributed by atoms with E-state index in [0.29, 0.717) is 28.4 Å². The van der Waals surface area contributed by atoms with Gasteiger partial charge in [-0.1, -0.05) is 48.9 Å². The van der Waals surface area contributed by atoms with Gasteiger partial charge in [-0.15, -0.1) is 0 Å². The largest absolute Gasteiger partial charge is 0.490 e. The molecule has 188 valence electrons. The predicted octanol–water partition coefficient (Wildman–Crippen LogP) is 5.84. The van der Waals surface area contributed by atoms with Crippen LogP contribution in [0.5, 0.6) is 5.75 Å². The molecule has 0 unspecified atom stereocenters. The van der Waals surface area contributed by atoms with Crippen molar-refractivity contribution in [2.75, 3.05) is 5.73 Å². The van der Waals surface area contributed by atoms with E-state index < -0.39 is 17.6 Å². The van der Waals surface area contributed by atoms with Gasteiger partial charge in [0.25, 0.3) is 5.91 Å². The third-order valence-corrected chi connectivity index (χ3v) is 6.34. The number of aromatic nitrogens is 3. The van der Waals surface area contributed by atoms with E-state index in [1.54, 1.807) is 12.4 Å². The highest BCUT2D eigenvalue weighted by molar-refractivity contribution is 6.31. The van der Waals surface area contributed by atoms with Gasteiger partial charge >= 0.3 is 0 Å². The molecule has 0 saturated heterocycles. The summed E-state index contributed by atoms with van der Waals surface area (Å²) in [6.45, 7) is 9.21. The summed E-state index contributed by atoms with van der Waals surface area (Å²) in [7, 11) is 0. The average Bonchev–Trinajstić information content (AvgIpc) is 3.18. The van der Waals surface area contributed by atoms with Crippen LogP contribution in [0.2, 0.25) is 5.02 Å². The Morgan fingerprint density at radius 3 is 2.56 bits per heavy atom. The fourth-order valence-electron chi connectivity index (χ4n) is 4.32. The summed E-state index contributed by atoms with van der Waals surface area (Å²) < 4.78 is 23.4. The van der Waals surface area contributed by atoms with Gasteiger partial charge in [-0.25, -0.2) is 14.4 Å². The molecule has 3 N–H and O–H groups in total. The van der Waals surface area contributed by atoms with E-state index in [9.17, 15) is 4.79 Å². The fraction of sp³-hybridized carbons (Fsp3) is 0.296. The SMILES string of the molecule is Cc1nc([C@@H](C)c2cc(Cl)c(F)c(C(=O)N[C@@H](C)c3ccccc3)c2OC(C)C)n2ccnc(N)c12. The molecule has 0 aliphatic carbocycles. The Kier molecular flexibility index (Phi) is 7.17. The fourth-order valence-corrected chi connectivity index (χ4v) is 4.54. The molecule has 0 radical (unpaired) electrons. The van der Waals surface area contributed by atoms with Crippen LogP contribution in [0, 0.1) is 12.7 Å². The van der Waals surface area contributed by atoms with E-state index in [-0.39, 0.29) is 28.5 Å². The highest BCUT2D eigenvalue weighted by Crippen LogP contribution is 2.40. The molecule has 0 saturated carbocycles. The number of benzene rings is 2. The van der Waals surface area contributed by atoms with Crippen molar-refractivity contribution in [3.63, 3.8) is 0 Å². The zero-order chi connectivity index (χ0) is 26.1. The molecule has 4 aromatic rings. The number of ether oxygens (including phenoxy) is 1. The number of aryl methyl sites for hydroxylation is 1. The first-order valence-electron chi connectivity index (χ1n) is 11.7. The number of nitrogens with two attached hydrogens (primary N) is 1. The summed E-state index contributed by atoms with van der Waals surface area (Å²) in [5, 5.41) is 2.70. The third-order valence-electron chi connectivity index (χ3n) is 6.07. The standard InChI is InChI=1S/C27H29ClFN5O2/c1-14(2)36-24-19(15(3)26-32-17(5)23-25(30)31-11-12-34(23)26)13-20(28)22(29)21(24)27(35)33-16(4)18-9-7-6-8-10-18/h6-16H,1-5H3,(H2,30,31)(H,33,35)/t15-,16-/m0/s1. The van der Waals surface area contributed by atoms with E-state index in [4.69, 9.17) is 27.1 Å². The number of nitrogens with one attached hydrogen (secondary N) is 1. The van der Waals surface area contributed by atoms with Gasteiger partial charge in [-0.3, -0.25) is 9.20 Å². The summed E-state index contributed by atoms with van der Waals surface area (Å²) >= 11 is 6.34. The molecule has 2 atom stereocenters. The second-order valence-electron chi connectivity index (χ2n) is 9.05. The first-order chi connectivity index (χ1) is 17.1. The van der Waals surface area contributed by atoms with Crippen molar-refractivity contribution in [3.05, 3.63) is 87.8 Å². The number of hydrogen-bond acceptors (Lipinski definition) is 5. The Morgan fingerprint density at radius 2 is 1.89 bits per heavy atom. The molecular formula is C27H29ClFN5O2. The zero-order valence-corrected chi connectivity index (χ0v) is 21.6. The second-order valence-corrected chi connectivity index (χ2v) is 9.45. The zero-order valence-electron chi connectivity index (χ0n) is 20.8. The lowest BCUT2D eigenvalue weighted by atomic mass is 9.95. The molecule has 2 aromatic heterocycles. The van der Waals surface area contributed by atoms with Crippen molar-refractivity contribution >= 4 is 28.8 Å². The maximum absolute atomic E-state index is 15.5. The normalized spacial score (nSPS) is 13.1. The monoisotopic (exact) mass is 509 g/mol. The van der Waals surface area contributed by atoms with Crippen molar-refractivity contribution in [2.45, 2.75) is 52.7 Å². The molecule has 0 bridgehead atoms. The molecule has 7 nitrogen and oxygen atoms in total. The molecular weight excluding hydrogens is 481 g/mol. The quantitative estimate of drug-likeness (QED) is 0.326. The number of hydrogen-bond donors (Lipinski definition) is 2. The van der Waals surface area contributed by atoms with Crippen molar-refractivity contribution in [2.24, 2.45) is 0 Å². The lowest BCUT2D eigenvalue weighted by Gasteiger charge is -2.23. The molecule has 9 heteroatoms. The minimum absolute atomic E-state index is 0.133. The summed E-state index contributed by atoms with van der Waals surface area (Å²) in [5.74, 6) is -0.748. The minimum atomic E-state index is -0.835. The average molecular weight is 510 g/mol. The van der Waals surface area contributed by atoms with Crippen LogP contribution in [0.15, 0.2) is 48.8 Å². The first kappa shape index (κ1) is 25.4. The third kappa shape index (κ3) is 4.73. The number of nitrogens with zero attached hydrogens (tertiary/aromatic N) is 3. The van der Waals surface area contributed by atoms with Gasteiger partial charge in [0.15, 0.2) is 5.82 Å². The van der Waals surface area contributed by atoms with Crippen LogP contribution >= 0.6 is 11.6 Å². The number of rotatable bonds is 7. The molecule has 36 heavy (non-hydrogen) atoms. The summed E-state index contributed by atoms with van der Waals surface area (Å²) in [6, 6.07) is 10.6. The van der Waals surface area contributed by atoms with Crippen LogP contribution in [0.4, 0.5) is 10.2 Å². The highest BCUT2D eigenvalue weighted by Gasteiger charge is 2.30. The topological polar surface area (TPSA) is 94.5 Å². The number of halogens is 2. The lowest BCUT2D eigenvalue weighted by molar-refractivity contribution is 0.0929. The Hall–Kier alpha value is -3.65. The van der Waals surface area contributed by atoms with Crippen molar-refractivity contribution in [3.8, 4) is 5.75 Å². The maximum atomic E-state index is 15.5. The number of anilines is 1. The van der Waals surface area contributed by atoms with Crippen LogP contribution in [0.1, 0.15) is 72.7 Å². The van der Waals surface area contributed by atoms with Gasteiger partial charge in [0.2, 0.25) is 0 Å². The Balaban J connectivity index is 1.84. The van der Waals surface area contributed by atoms with Gasteiger partial charge in [-0.2, -0.15) is 0 Å². The van der Waals surface area contributed by atoms with Gasteiger partial charge < -0.3 is 15.8 Å². The summed E-state index contributed by atoms with van der Waals surface area (Å²) in [5.41, 5.74) is 8.67. The summed E-state index contributed by atoms with van der Waals surface area (Å²) in [4.78, 5) is 22.3. The molecule has 0 aliphatic heterocycles. The van der Waals surface area contributed by atoms with Crippen LogP contribution < -0.4 is 15.8 Å². The van der Waals surface area contributed by atoms with E-state index >= 15 is 4.39 Å². The van der Waals surface area contributed by atoms with Gasteiger partial charge in [0.1, 0.15) is 28.5 Å². The number of imidazole rings is 1. The van der Waals surface area contributed by atoms with Crippen molar-refractivity contribution in [1.82, 2.24) is 19.7 Å². The van der Waals surface area contributed by atoms with Gasteiger partial charge in [0, 0.05) is 23.9 Å². The Labute approximate surface area is 214 Å².